The van der Waals surface area contributed by atoms with Gasteiger partial charge in [-0.3, -0.25) is 4.79 Å². The lowest BCUT2D eigenvalue weighted by Crippen LogP contribution is -2.35. The summed E-state index contributed by atoms with van der Waals surface area (Å²) in [7, 11) is 0. The summed E-state index contributed by atoms with van der Waals surface area (Å²) < 4.78 is 0. The molecule has 0 bridgehead atoms. The normalized spacial score (nSPS) is 16.6. The Hall–Kier alpha value is -1.51. The fourth-order valence-corrected chi connectivity index (χ4v) is 2.20. The van der Waals surface area contributed by atoms with Gasteiger partial charge in [-0.15, -0.1) is 0 Å². The SMILES string of the molecule is CCN(C(=O)C(C)c1cccc(N)c1)C1CC1. The van der Waals surface area contributed by atoms with Gasteiger partial charge in [0.05, 0.1) is 5.92 Å². The van der Waals surface area contributed by atoms with Crippen molar-refractivity contribution in [2.24, 2.45) is 0 Å². The molecule has 1 aromatic carbocycles. The maximum absolute atomic E-state index is 12.4. The van der Waals surface area contributed by atoms with E-state index in [1.807, 2.05) is 43.0 Å². The number of nitrogens with zero attached hydrogens (tertiary/aromatic N) is 1. The van der Waals surface area contributed by atoms with Crippen molar-refractivity contribution in [3.8, 4) is 0 Å². The van der Waals surface area contributed by atoms with E-state index in [2.05, 4.69) is 0 Å². The molecule has 2 N–H and O–H groups in total. The minimum atomic E-state index is -0.0981. The molecular formula is C14H20N2O. The van der Waals surface area contributed by atoms with Crippen LogP contribution in [0.25, 0.3) is 0 Å². The van der Waals surface area contributed by atoms with Crippen LogP contribution < -0.4 is 5.73 Å². The number of nitrogens with two attached hydrogens (primary N) is 1. The van der Waals surface area contributed by atoms with E-state index in [0.29, 0.717) is 6.04 Å². The molecule has 2 rings (SSSR count). The molecule has 0 spiro atoms. The Bertz CT molecular complexity index is 412. The van der Waals surface area contributed by atoms with Crippen LogP contribution in [0.4, 0.5) is 5.69 Å². The molecule has 3 heteroatoms. The molecule has 1 amide bonds. The molecule has 1 aliphatic carbocycles. The zero-order valence-electron chi connectivity index (χ0n) is 10.5. The summed E-state index contributed by atoms with van der Waals surface area (Å²) in [5.74, 6) is 0.125. The molecular weight excluding hydrogens is 212 g/mol. The second kappa shape index (κ2) is 4.78. The maximum Gasteiger partial charge on any atom is 0.230 e. The number of amides is 1. The summed E-state index contributed by atoms with van der Waals surface area (Å²) in [4.78, 5) is 14.3. The average molecular weight is 232 g/mol. The van der Waals surface area contributed by atoms with Crippen molar-refractivity contribution >= 4 is 11.6 Å². The van der Waals surface area contributed by atoms with Gasteiger partial charge >= 0.3 is 0 Å². The summed E-state index contributed by atoms with van der Waals surface area (Å²) in [6, 6.07) is 8.10. The highest BCUT2D eigenvalue weighted by Crippen LogP contribution is 2.30. The van der Waals surface area contributed by atoms with Gasteiger partial charge in [0.2, 0.25) is 5.91 Å². The van der Waals surface area contributed by atoms with Gasteiger partial charge in [0.25, 0.3) is 0 Å². The van der Waals surface area contributed by atoms with Gasteiger partial charge in [0.15, 0.2) is 0 Å². The second-order valence-corrected chi connectivity index (χ2v) is 4.75. The van der Waals surface area contributed by atoms with Crippen LogP contribution in [0, 0.1) is 0 Å². The van der Waals surface area contributed by atoms with Crippen molar-refractivity contribution in [3.05, 3.63) is 29.8 Å². The van der Waals surface area contributed by atoms with E-state index in [9.17, 15) is 4.79 Å². The molecule has 92 valence electrons. The molecule has 1 unspecified atom stereocenters. The van der Waals surface area contributed by atoms with Crippen LogP contribution in [-0.4, -0.2) is 23.4 Å². The predicted octanol–water partition coefficient (Wildman–Crippen LogP) is 2.38. The molecule has 1 atom stereocenters. The highest BCUT2D eigenvalue weighted by atomic mass is 16.2. The summed E-state index contributed by atoms with van der Waals surface area (Å²) in [5.41, 5.74) is 7.48. The Balaban J connectivity index is 2.13. The zero-order chi connectivity index (χ0) is 12.4. The van der Waals surface area contributed by atoms with E-state index >= 15 is 0 Å². The highest BCUT2D eigenvalue weighted by Gasteiger charge is 2.33. The first kappa shape index (κ1) is 12.0. The third-order valence-electron chi connectivity index (χ3n) is 3.39. The van der Waals surface area contributed by atoms with Gasteiger partial charge in [-0.1, -0.05) is 12.1 Å². The predicted molar refractivity (Wildman–Crippen MR) is 69.7 cm³/mol. The van der Waals surface area contributed by atoms with Gasteiger partial charge in [0.1, 0.15) is 0 Å². The van der Waals surface area contributed by atoms with Gasteiger partial charge in [-0.05, 0) is 44.4 Å². The second-order valence-electron chi connectivity index (χ2n) is 4.75. The molecule has 0 aliphatic heterocycles. The average Bonchev–Trinajstić information content (AvgIpc) is 3.13. The lowest BCUT2D eigenvalue weighted by Gasteiger charge is -2.24. The summed E-state index contributed by atoms with van der Waals surface area (Å²) in [6.45, 7) is 4.81. The van der Waals surface area contributed by atoms with E-state index in [1.54, 1.807) is 0 Å². The number of rotatable bonds is 4. The summed E-state index contributed by atoms with van der Waals surface area (Å²) >= 11 is 0. The van der Waals surface area contributed by atoms with E-state index in [1.165, 1.54) is 0 Å². The Labute approximate surface area is 103 Å². The maximum atomic E-state index is 12.4. The third kappa shape index (κ3) is 2.60. The van der Waals surface area contributed by atoms with Crippen molar-refractivity contribution in [2.75, 3.05) is 12.3 Å². The minimum Gasteiger partial charge on any atom is -0.399 e. The van der Waals surface area contributed by atoms with Crippen LogP contribution in [0.2, 0.25) is 0 Å². The fourth-order valence-electron chi connectivity index (χ4n) is 2.20. The Morgan fingerprint density at radius 3 is 2.76 bits per heavy atom. The van der Waals surface area contributed by atoms with Crippen molar-refractivity contribution in [1.29, 1.82) is 0 Å². The number of nitrogen functional groups attached to an aromatic ring is 1. The summed E-state index contributed by atoms with van der Waals surface area (Å²) in [6.07, 6.45) is 2.31. The van der Waals surface area contributed by atoms with Crippen LogP contribution >= 0.6 is 0 Å². The number of benzene rings is 1. The van der Waals surface area contributed by atoms with Crippen molar-refractivity contribution in [3.63, 3.8) is 0 Å². The van der Waals surface area contributed by atoms with E-state index < -0.39 is 0 Å². The summed E-state index contributed by atoms with van der Waals surface area (Å²) in [5, 5.41) is 0. The van der Waals surface area contributed by atoms with Gasteiger partial charge in [-0.2, -0.15) is 0 Å². The molecule has 1 fully saturated rings. The largest absolute Gasteiger partial charge is 0.399 e. The zero-order valence-corrected chi connectivity index (χ0v) is 10.5. The molecule has 0 aromatic heterocycles. The van der Waals surface area contributed by atoms with E-state index in [-0.39, 0.29) is 11.8 Å². The van der Waals surface area contributed by atoms with Gasteiger partial charge in [-0.25, -0.2) is 0 Å². The minimum absolute atomic E-state index is 0.0981. The fraction of sp³-hybridized carbons (Fsp3) is 0.500. The molecule has 17 heavy (non-hydrogen) atoms. The monoisotopic (exact) mass is 232 g/mol. The number of likely N-dealkylation sites (N-methyl/N-ethyl adjacent to an activating group) is 1. The standard InChI is InChI=1S/C14H20N2O/c1-3-16(13-7-8-13)14(17)10(2)11-5-4-6-12(15)9-11/h4-6,9-10,13H,3,7-8,15H2,1-2H3. The molecule has 0 radical (unpaired) electrons. The van der Waals surface area contributed by atoms with Crippen LogP contribution in [0.1, 0.15) is 38.2 Å². The number of hydrogen-bond donors (Lipinski definition) is 1. The highest BCUT2D eigenvalue weighted by molar-refractivity contribution is 5.84. The van der Waals surface area contributed by atoms with E-state index in [4.69, 9.17) is 5.73 Å². The third-order valence-corrected chi connectivity index (χ3v) is 3.39. The van der Waals surface area contributed by atoms with Crippen molar-refractivity contribution in [2.45, 2.75) is 38.6 Å². The molecule has 0 saturated heterocycles. The molecule has 3 nitrogen and oxygen atoms in total. The van der Waals surface area contributed by atoms with E-state index in [0.717, 1.165) is 30.6 Å². The first-order chi connectivity index (χ1) is 8.13. The first-order valence-electron chi connectivity index (χ1n) is 6.29. The van der Waals surface area contributed by atoms with Crippen LogP contribution in [0.5, 0.6) is 0 Å². The quantitative estimate of drug-likeness (QED) is 0.810. The number of carbonyl (C=O) groups is 1. The van der Waals surface area contributed by atoms with Gasteiger partial charge in [0, 0.05) is 18.3 Å². The van der Waals surface area contributed by atoms with Gasteiger partial charge < -0.3 is 10.6 Å². The lowest BCUT2D eigenvalue weighted by atomic mass is 9.99. The molecule has 0 heterocycles. The number of hydrogen-bond acceptors (Lipinski definition) is 2. The smallest absolute Gasteiger partial charge is 0.230 e. The number of anilines is 1. The van der Waals surface area contributed by atoms with Crippen molar-refractivity contribution in [1.82, 2.24) is 4.90 Å². The van der Waals surface area contributed by atoms with Crippen LogP contribution in [0.15, 0.2) is 24.3 Å². The lowest BCUT2D eigenvalue weighted by molar-refractivity contribution is -0.132. The molecule has 1 aliphatic rings. The Morgan fingerprint density at radius 1 is 1.53 bits per heavy atom. The Kier molecular flexibility index (Phi) is 3.36. The molecule has 1 saturated carbocycles. The van der Waals surface area contributed by atoms with Crippen LogP contribution in [-0.2, 0) is 4.79 Å². The molecule has 1 aromatic rings. The first-order valence-corrected chi connectivity index (χ1v) is 6.29. The van der Waals surface area contributed by atoms with Crippen LogP contribution in [0.3, 0.4) is 0 Å². The topological polar surface area (TPSA) is 46.3 Å². The van der Waals surface area contributed by atoms with Crippen molar-refractivity contribution < 1.29 is 4.79 Å². The number of carbonyl (C=O) groups excluding carboxylic acids is 1. The Morgan fingerprint density at radius 2 is 2.24 bits per heavy atom.